The van der Waals surface area contributed by atoms with E-state index >= 15 is 0 Å². The van der Waals surface area contributed by atoms with Gasteiger partial charge in [-0.1, -0.05) is 36.4 Å². The van der Waals surface area contributed by atoms with Gasteiger partial charge < -0.3 is 9.47 Å². The first-order chi connectivity index (χ1) is 13.5. The number of fused-ring (bicyclic) bond motifs is 5. The molecule has 0 aromatic heterocycles. The molecule has 0 radical (unpaired) electrons. The van der Waals surface area contributed by atoms with Crippen molar-refractivity contribution in [2.75, 3.05) is 11.0 Å². The van der Waals surface area contributed by atoms with Crippen molar-refractivity contribution in [3.63, 3.8) is 0 Å². The van der Waals surface area contributed by atoms with E-state index in [1.165, 1.54) is 75.1 Å². The highest BCUT2D eigenvalue weighted by atomic mass is 127. The van der Waals surface area contributed by atoms with Gasteiger partial charge in [-0.25, -0.2) is 0 Å². The molecule has 0 spiro atoms. The molecule has 0 unspecified atom stereocenters. The van der Waals surface area contributed by atoms with Gasteiger partial charge in [-0.3, -0.25) is 0 Å². The number of halogens is 1. The molecule has 0 aromatic rings. The maximum Gasteiger partial charge on any atom is 0.157 e. The molecule has 1 heterocycles. The minimum absolute atomic E-state index is 0.0959. The average Bonchev–Trinajstić information content (AvgIpc) is 3.05. The maximum absolute atomic E-state index is 6.45. The zero-order chi connectivity index (χ0) is 19.4. The summed E-state index contributed by atoms with van der Waals surface area (Å²) in [7, 11) is 0. The lowest BCUT2D eigenvalue weighted by molar-refractivity contribution is -0.212. The summed E-state index contributed by atoms with van der Waals surface area (Å²) >= 11 is 2.67. The second-order valence-electron chi connectivity index (χ2n) is 11.5. The number of alkyl halides is 1. The van der Waals surface area contributed by atoms with Crippen molar-refractivity contribution in [3.05, 3.63) is 0 Å². The number of ether oxygens (including phenoxy) is 2. The standard InChI is InChI=1S/C25H41IO2/c1-24-12-10-19(28-23-5-3-4-14-27-23)15-17(24)6-8-20-21-9-7-18(16-26)25(21,2)13-11-22(20)24/h17-23H,3-16H2,1-2H3/t17-,18+,19+,20-,21-,22-,23-,24-,25+/m0/s1. The van der Waals surface area contributed by atoms with Gasteiger partial charge in [-0.15, -0.1) is 0 Å². The molecule has 4 saturated carbocycles. The molecule has 1 aliphatic heterocycles. The Morgan fingerprint density at radius 3 is 2.50 bits per heavy atom. The van der Waals surface area contributed by atoms with E-state index in [4.69, 9.17) is 9.47 Å². The summed E-state index contributed by atoms with van der Waals surface area (Å²) in [4.78, 5) is 0. The van der Waals surface area contributed by atoms with Crippen LogP contribution in [0.5, 0.6) is 0 Å². The van der Waals surface area contributed by atoms with E-state index in [1.54, 1.807) is 0 Å². The predicted octanol–water partition coefficient (Wildman–Crippen LogP) is 6.99. The molecule has 0 aromatic carbocycles. The van der Waals surface area contributed by atoms with Gasteiger partial charge in [-0.05, 0) is 117 Å². The zero-order valence-corrected chi connectivity index (χ0v) is 20.3. The normalized spacial score (nSPS) is 53.9. The van der Waals surface area contributed by atoms with Crippen LogP contribution in [-0.2, 0) is 9.47 Å². The molecule has 5 rings (SSSR count). The quantitative estimate of drug-likeness (QED) is 0.236. The third-order valence-corrected chi connectivity index (χ3v) is 11.5. The fourth-order valence-electron chi connectivity index (χ4n) is 8.74. The van der Waals surface area contributed by atoms with Gasteiger partial charge in [0.25, 0.3) is 0 Å². The van der Waals surface area contributed by atoms with E-state index in [9.17, 15) is 0 Å². The van der Waals surface area contributed by atoms with Crippen molar-refractivity contribution >= 4 is 22.6 Å². The highest BCUT2D eigenvalue weighted by molar-refractivity contribution is 14.1. The van der Waals surface area contributed by atoms with Crippen LogP contribution in [0.25, 0.3) is 0 Å². The monoisotopic (exact) mass is 500 g/mol. The Balaban J connectivity index is 1.27. The third-order valence-electron chi connectivity index (χ3n) is 10.5. The Kier molecular flexibility index (Phi) is 5.85. The van der Waals surface area contributed by atoms with E-state index in [0.717, 1.165) is 42.6 Å². The summed E-state index contributed by atoms with van der Waals surface area (Å²) in [5.74, 6) is 4.91. The van der Waals surface area contributed by atoms with Gasteiger partial charge >= 0.3 is 0 Å². The molecule has 0 bridgehead atoms. The first-order valence-electron chi connectivity index (χ1n) is 12.4. The highest BCUT2D eigenvalue weighted by Crippen LogP contribution is 2.67. The SMILES string of the molecule is C[C@]12CC[C@@H](O[C@H]3CCCCO3)C[C@@H]1CC[C@@H]1[C@@H]2CC[C@]2(C)[C@@H](CI)CC[C@@H]12. The Morgan fingerprint density at radius 1 is 0.893 bits per heavy atom. The van der Waals surface area contributed by atoms with Gasteiger partial charge in [0.2, 0.25) is 0 Å². The Bertz CT molecular complexity index is 561. The van der Waals surface area contributed by atoms with Crippen molar-refractivity contribution < 1.29 is 9.47 Å². The molecule has 160 valence electrons. The van der Waals surface area contributed by atoms with E-state index in [0.29, 0.717) is 16.9 Å². The smallest absolute Gasteiger partial charge is 0.157 e. The van der Waals surface area contributed by atoms with Crippen LogP contribution in [0.15, 0.2) is 0 Å². The molecule has 28 heavy (non-hydrogen) atoms. The predicted molar refractivity (Wildman–Crippen MR) is 123 cm³/mol. The second-order valence-corrected chi connectivity index (χ2v) is 12.3. The lowest BCUT2D eigenvalue weighted by Crippen LogP contribution is -2.54. The van der Waals surface area contributed by atoms with Crippen molar-refractivity contribution in [2.24, 2.45) is 40.4 Å². The van der Waals surface area contributed by atoms with Gasteiger partial charge in [0.05, 0.1) is 6.10 Å². The van der Waals surface area contributed by atoms with Crippen LogP contribution in [-0.4, -0.2) is 23.4 Å². The van der Waals surface area contributed by atoms with Crippen LogP contribution in [0, 0.1) is 40.4 Å². The summed E-state index contributed by atoms with van der Waals surface area (Å²) in [6.45, 7) is 6.27. The molecule has 1 saturated heterocycles. The largest absolute Gasteiger partial charge is 0.353 e. The Labute approximate surface area is 186 Å². The molecular weight excluding hydrogens is 459 g/mol. The third kappa shape index (κ3) is 3.32. The van der Waals surface area contributed by atoms with Crippen LogP contribution in [0.2, 0.25) is 0 Å². The number of rotatable bonds is 3. The average molecular weight is 501 g/mol. The first kappa shape index (κ1) is 20.5. The topological polar surface area (TPSA) is 18.5 Å². The van der Waals surface area contributed by atoms with Crippen molar-refractivity contribution in [2.45, 2.75) is 103 Å². The highest BCUT2D eigenvalue weighted by Gasteiger charge is 2.60. The summed E-state index contributed by atoms with van der Waals surface area (Å²) in [6.07, 6.45) is 17.1. The molecule has 3 heteroatoms. The van der Waals surface area contributed by atoms with Crippen LogP contribution >= 0.6 is 22.6 Å². The first-order valence-corrected chi connectivity index (χ1v) is 13.9. The fourth-order valence-corrected chi connectivity index (χ4v) is 10.2. The van der Waals surface area contributed by atoms with Gasteiger partial charge in [-0.2, -0.15) is 0 Å². The van der Waals surface area contributed by atoms with Gasteiger partial charge in [0.15, 0.2) is 6.29 Å². The molecule has 0 amide bonds. The molecule has 9 atom stereocenters. The van der Waals surface area contributed by atoms with E-state index in [2.05, 4.69) is 36.4 Å². The summed E-state index contributed by atoms with van der Waals surface area (Å²) in [5.41, 5.74) is 1.24. The number of hydrogen-bond acceptors (Lipinski definition) is 2. The van der Waals surface area contributed by atoms with Gasteiger partial charge in [0, 0.05) is 11.0 Å². The minimum atomic E-state index is 0.0959. The van der Waals surface area contributed by atoms with Crippen molar-refractivity contribution in [1.29, 1.82) is 0 Å². The fraction of sp³-hybridized carbons (Fsp3) is 1.00. The van der Waals surface area contributed by atoms with Crippen molar-refractivity contribution in [3.8, 4) is 0 Å². The van der Waals surface area contributed by atoms with Crippen LogP contribution < -0.4 is 0 Å². The maximum atomic E-state index is 6.45. The molecule has 5 aliphatic rings. The summed E-state index contributed by atoms with van der Waals surface area (Å²) in [6, 6.07) is 0. The molecule has 4 aliphatic carbocycles. The van der Waals surface area contributed by atoms with Crippen LogP contribution in [0.3, 0.4) is 0 Å². The molecule has 5 fully saturated rings. The lowest BCUT2D eigenvalue weighted by atomic mass is 9.45. The van der Waals surface area contributed by atoms with Crippen LogP contribution in [0.1, 0.15) is 90.9 Å². The summed E-state index contributed by atoms with van der Waals surface area (Å²) < 4.78 is 13.7. The second kappa shape index (κ2) is 7.97. The van der Waals surface area contributed by atoms with Crippen molar-refractivity contribution in [1.82, 2.24) is 0 Å². The van der Waals surface area contributed by atoms with E-state index < -0.39 is 0 Å². The summed E-state index contributed by atoms with van der Waals surface area (Å²) in [5, 5.41) is 0. The molecule has 2 nitrogen and oxygen atoms in total. The molecule has 0 N–H and O–H groups in total. The lowest BCUT2D eigenvalue weighted by Gasteiger charge is -2.61. The molecular formula is C25H41IO2. The van der Waals surface area contributed by atoms with E-state index in [-0.39, 0.29) is 6.29 Å². The number of hydrogen-bond donors (Lipinski definition) is 0. The Hall–Kier alpha value is 0.650. The zero-order valence-electron chi connectivity index (χ0n) is 18.1. The van der Waals surface area contributed by atoms with Gasteiger partial charge in [0.1, 0.15) is 0 Å². The van der Waals surface area contributed by atoms with E-state index in [1.807, 2.05) is 0 Å². The Morgan fingerprint density at radius 2 is 1.71 bits per heavy atom. The van der Waals surface area contributed by atoms with Crippen LogP contribution in [0.4, 0.5) is 0 Å². The minimum Gasteiger partial charge on any atom is -0.353 e.